The lowest BCUT2D eigenvalue weighted by molar-refractivity contribution is -0.115. The number of carbonyl (C=O) groups is 2. The first-order valence-corrected chi connectivity index (χ1v) is 11.6. The van der Waals surface area contributed by atoms with E-state index in [-0.39, 0.29) is 18.5 Å². The molecular weight excluding hydrogens is 452 g/mol. The van der Waals surface area contributed by atoms with Gasteiger partial charge in [0.25, 0.3) is 0 Å². The Balaban J connectivity index is 1.51. The molecule has 0 radical (unpaired) electrons. The maximum Gasteiger partial charge on any atom is 0.405 e. The predicted octanol–water partition coefficient (Wildman–Crippen LogP) is 2.66. The summed E-state index contributed by atoms with van der Waals surface area (Å²) in [4.78, 5) is 31.9. The molecule has 2 aromatic heterocycles. The predicted molar refractivity (Wildman–Crippen MR) is 131 cm³/mol. The number of amides is 2. The number of nitrogens with zero attached hydrogens (tertiary/aromatic N) is 4. The van der Waals surface area contributed by atoms with E-state index in [0.717, 1.165) is 29.6 Å². The van der Waals surface area contributed by atoms with Crippen molar-refractivity contribution in [2.24, 2.45) is 0 Å². The van der Waals surface area contributed by atoms with Crippen LogP contribution in [-0.4, -0.2) is 62.5 Å². The van der Waals surface area contributed by atoms with Crippen LogP contribution in [0, 0.1) is 0 Å². The van der Waals surface area contributed by atoms with E-state index in [1.54, 1.807) is 10.6 Å². The van der Waals surface area contributed by atoms with Crippen LogP contribution in [0.1, 0.15) is 43.7 Å². The smallest absolute Gasteiger partial charge is 0.405 e. The van der Waals surface area contributed by atoms with Crippen LogP contribution in [0.15, 0.2) is 30.5 Å². The van der Waals surface area contributed by atoms with Crippen molar-refractivity contribution in [2.75, 3.05) is 35.7 Å². The van der Waals surface area contributed by atoms with Gasteiger partial charge in [0, 0.05) is 37.1 Å². The lowest BCUT2D eigenvalue weighted by atomic mass is 10.1. The highest BCUT2D eigenvalue weighted by molar-refractivity contribution is 5.93. The van der Waals surface area contributed by atoms with Crippen molar-refractivity contribution in [3.8, 4) is 0 Å². The summed E-state index contributed by atoms with van der Waals surface area (Å²) in [5.74, 6) is 0.900. The van der Waals surface area contributed by atoms with E-state index >= 15 is 0 Å². The van der Waals surface area contributed by atoms with Crippen LogP contribution in [0.5, 0.6) is 0 Å². The Kier molecular flexibility index (Phi) is 7.60. The third-order valence-electron chi connectivity index (χ3n) is 5.63. The standard InChI is InChI=1S/C23H30N8O4/c1-14(2)18-12-26-31-20(18)29-21(28-16-6-8-35-9-7-16)30-22(31)24-11-15-4-3-5-17(10-15)27-19(32)13-25-23(33)34/h3-5,10,12,14,16,25H,6-9,11,13H2,1-2H3,(H,27,32)(H,33,34)(H2,24,28,29,30). The Morgan fingerprint density at radius 1 is 1.23 bits per heavy atom. The summed E-state index contributed by atoms with van der Waals surface area (Å²) >= 11 is 0. The maximum atomic E-state index is 11.9. The number of carbonyl (C=O) groups excluding carboxylic acids is 1. The summed E-state index contributed by atoms with van der Waals surface area (Å²) in [5.41, 5.74) is 3.25. The fourth-order valence-electron chi connectivity index (χ4n) is 3.81. The molecule has 0 saturated carbocycles. The first kappa shape index (κ1) is 24.2. The number of ether oxygens (including phenoxy) is 1. The van der Waals surface area contributed by atoms with E-state index < -0.39 is 12.0 Å². The van der Waals surface area contributed by atoms with Gasteiger partial charge >= 0.3 is 6.09 Å². The second kappa shape index (κ2) is 11.0. The lowest BCUT2D eigenvalue weighted by Gasteiger charge is -2.23. The van der Waals surface area contributed by atoms with Crippen molar-refractivity contribution in [3.63, 3.8) is 0 Å². The molecule has 0 unspecified atom stereocenters. The number of hydrogen-bond donors (Lipinski definition) is 5. The summed E-state index contributed by atoms with van der Waals surface area (Å²) in [5, 5.41) is 24.6. The van der Waals surface area contributed by atoms with Gasteiger partial charge in [-0.1, -0.05) is 26.0 Å². The van der Waals surface area contributed by atoms with E-state index in [9.17, 15) is 9.59 Å². The highest BCUT2D eigenvalue weighted by Crippen LogP contribution is 2.23. The number of nitrogens with one attached hydrogen (secondary N) is 4. The fraction of sp³-hybridized carbons (Fsp3) is 0.435. The molecule has 1 aliphatic heterocycles. The van der Waals surface area contributed by atoms with Gasteiger partial charge in [-0.05, 0) is 36.5 Å². The van der Waals surface area contributed by atoms with Gasteiger partial charge in [0.1, 0.15) is 6.54 Å². The highest BCUT2D eigenvalue weighted by Gasteiger charge is 2.19. The molecule has 0 spiro atoms. The molecule has 2 amide bonds. The second-order valence-electron chi connectivity index (χ2n) is 8.65. The zero-order valence-electron chi connectivity index (χ0n) is 19.7. The Labute approximate surface area is 202 Å². The molecule has 5 N–H and O–H groups in total. The van der Waals surface area contributed by atoms with E-state index in [1.165, 1.54) is 0 Å². The number of fused-ring (bicyclic) bond motifs is 1. The maximum absolute atomic E-state index is 11.9. The van der Waals surface area contributed by atoms with Crippen molar-refractivity contribution in [1.29, 1.82) is 0 Å². The van der Waals surface area contributed by atoms with Gasteiger partial charge < -0.3 is 31.1 Å². The highest BCUT2D eigenvalue weighted by atomic mass is 16.5. The monoisotopic (exact) mass is 482 g/mol. The molecule has 1 aliphatic rings. The molecule has 0 bridgehead atoms. The zero-order valence-corrected chi connectivity index (χ0v) is 19.7. The minimum Gasteiger partial charge on any atom is -0.465 e. The molecular formula is C23H30N8O4. The van der Waals surface area contributed by atoms with Gasteiger partial charge in [-0.3, -0.25) is 4.79 Å². The van der Waals surface area contributed by atoms with Crippen molar-refractivity contribution in [2.45, 2.75) is 45.2 Å². The minimum absolute atomic E-state index is 0.250. The summed E-state index contributed by atoms with van der Waals surface area (Å²) in [7, 11) is 0. The Bertz CT molecular complexity index is 1190. The third kappa shape index (κ3) is 6.35. The summed E-state index contributed by atoms with van der Waals surface area (Å²) in [6.45, 7) is 5.74. The van der Waals surface area contributed by atoms with Crippen molar-refractivity contribution < 1.29 is 19.4 Å². The number of benzene rings is 1. The summed E-state index contributed by atoms with van der Waals surface area (Å²) in [6.07, 6.45) is 2.36. The third-order valence-corrected chi connectivity index (χ3v) is 5.63. The van der Waals surface area contributed by atoms with E-state index in [4.69, 9.17) is 14.8 Å². The minimum atomic E-state index is -1.25. The topological polar surface area (TPSA) is 155 Å². The van der Waals surface area contributed by atoms with Crippen LogP contribution in [0.25, 0.3) is 5.65 Å². The molecule has 12 nitrogen and oxygen atoms in total. The van der Waals surface area contributed by atoms with Crippen LogP contribution in [0.3, 0.4) is 0 Å². The number of aromatic nitrogens is 4. The van der Waals surface area contributed by atoms with Crippen LogP contribution >= 0.6 is 0 Å². The molecule has 186 valence electrons. The van der Waals surface area contributed by atoms with Gasteiger partial charge in [0.15, 0.2) is 5.65 Å². The number of rotatable bonds is 9. The van der Waals surface area contributed by atoms with Crippen LogP contribution < -0.4 is 21.3 Å². The summed E-state index contributed by atoms with van der Waals surface area (Å²) < 4.78 is 7.15. The van der Waals surface area contributed by atoms with E-state index in [0.29, 0.717) is 37.3 Å². The molecule has 3 heterocycles. The average molecular weight is 483 g/mol. The Morgan fingerprint density at radius 2 is 2.03 bits per heavy atom. The van der Waals surface area contributed by atoms with E-state index in [2.05, 4.69) is 39.9 Å². The quantitative estimate of drug-likeness (QED) is 0.309. The van der Waals surface area contributed by atoms with Gasteiger partial charge in [-0.25, -0.2) is 4.79 Å². The average Bonchev–Trinajstić information content (AvgIpc) is 3.27. The lowest BCUT2D eigenvalue weighted by Crippen LogP contribution is -2.31. The molecule has 1 fully saturated rings. The fourth-order valence-corrected chi connectivity index (χ4v) is 3.81. The Hall–Kier alpha value is -3.93. The molecule has 0 aliphatic carbocycles. The molecule has 0 atom stereocenters. The molecule has 1 aromatic carbocycles. The molecule has 4 rings (SSSR count). The summed E-state index contributed by atoms with van der Waals surface area (Å²) in [6, 6.07) is 7.54. The first-order valence-electron chi connectivity index (χ1n) is 11.6. The first-order chi connectivity index (χ1) is 16.9. The van der Waals surface area contributed by atoms with E-state index in [1.807, 2.05) is 29.7 Å². The molecule has 3 aromatic rings. The Morgan fingerprint density at radius 3 is 2.77 bits per heavy atom. The zero-order chi connectivity index (χ0) is 24.8. The van der Waals surface area contributed by atoms with Crippen molar-refractivity contribution in [1.82, 2.24) is 24.9 Å². The van der Waals surface area contributed by atoms with Crippen LogP contribution in [0.4, 0.5) is 22.4 Å². The number of anilines is 3. The van der Waals surface area contributed by atoms with Gasteiger partial charge in [0.05, 0.1) is 6.20 Å². The van der Waals surface area contributed by atoms with Gasteiger partial charge in [-0.15, -0.1) is 0 Å². The molecule has 35 heavy (non-hydrogen) atoms. The van der Waals surface area contributed by atoms with Gasteiger partial charge in [0.2, 0.25) is 17.8 Å². The van der Waals surface area contributed by atoms with Crippen molar-refractivity contribution in [3.05, 3.63) is 41.6 Å². The van der Waals surface area contributed by atoms with Crippen LogP contribution in [-0.2, 0) is 16.1 Å². The van der Waals surface area contributed by atoms with Crippen LogP contribution in [0.2, 0.25) is 0 Å². The van der Waals surface area contributed by atoms with Gasteiger partial charge in [-0.2, -0.15) is 19.6 Å². The second-order valence-corrected chi connectivity index (χ2v) is 8.65. The molecule has 12 heteroatoms. The largest absolute Gasteiger partial charge is 0.465 e. The number of hydrogen-bond acceptors (Lipinski definition) is 8. The van der Waals surface area contributed by atoms with Crippen molar-refractivity contribution >= 4 is 35.2 Å². The molecule has 1 saturated heterocycles. The SMILES string of the molecule is CC(C)c1cnn2c(NCc3cccc(NC(=O)CNC(=O)O)c3)nc(NC3CCOCC3)nc12. The normalized spacial score (nSPS) is 14.1. The number of carboxylic acid groups (broad SMARTS) is 1.